The molecule has 78 valence electrons. The fraction of sp³-hybridized carbons (Fsp3) is 0.385. The molecule has 0 aliphatic carbocycles. The number of hydrogen-bond acceptors (Lipinski definition) is 1. The summed E-state index contributed by atoms with van der Waals surface area (Å²) in [6, 6.07) is 8.45. The number of rotatable bonds is 1. The minimum absolute atomic E-state index is 0.944. The molecule has 0 radical (unpaired) electrons. The Bertz CT molecular complexity index is 287. The van der Waals surface area contributed by atoms with Crippen LogP contribution in [-0.2, 0) is 0 Å². The second-order valence-electron chi connectivity index (χ2n) is 3.10. The molecule has 1 aromatic carbocycles. The number of aryl methyl sites for hydroxylation is 1. The molecule has 0 amide bonds. The standard InChI is InChI=1S/C11H14.C2H6S/c1-4-9(2)11-8-6-5-7-10(11)3;1-2-3/h4-8H,1-3H3;3H,2H2,1H3/b9-4-;. The Kier molecular flexibility index (Phi) is 7.31. The fourth-order valence-corrected chi connectivity index (χ4v) is 1.17. The third-order valence-corrected chi connectivity index (χ3v) is 2.00. The van der Waals surface area contributed by atoms with Gasteiger partial charge in [-0.2, -0.15) is 12.6 Å². The topological polar surface area (TPSA) is 0 Å². The predicted molar refractivity (Wildman–Crippen MR) is 70.0 cm³/mol. The molecule has 0 spiro atoms. The fourth-order valence-electron chi connectivity index (χ4n) is 1.17. The molecule has 0 bridgehead atoms. The molecule has 0 heterocycles. The molecule has 0 atom stereocenters. The maximum Gasteiger partial charge on any atom is -0.0126 e. The van der Waals surface area contributed by atoms with Crippen LogP contribution >= 0.6 is 12.6 Å². The molecule has 14 heavy (non-hydrogen) atoms. The molecule has 0 saturated heterocycles. The third kappa shape index (κ3) is 4.52. The van der Waals surface area contributed by atoms with Crippen LogP contribution in [-0.4, -0.2) is 5.75 Å². The maximum absolute atomic E-state index is 3.79. The van der Waals surface area contributed by atoms with Crippen molar-refractivity contribution < 1.29 is 0 Å². The van der Waals surface area contributed by atoms with Gasteiger partial charge in [-0.25, -0.2) is 0 Å². The summed E-state index contributed by atoms with van der Waals surface area (Å²) in [5.74, 6) is 0.944. The molecule has 0 unspecified atom stereocenters. The van der Waals surface area contributed by atoms with Crippen molar-refractivity contribution in [2.24, 2.45) is 0 Å². The average molecular weight is 208 g/mol. The second-order valence-corrected chi connectivity index (χ2v) is 3.74. The molecule has 1 heteroatoms. The van der Waals surface area contributed by atoms with E-state index >= 15 is 0 Å². The summed E-state index contributed by atoms with van der Waals surface area (Å²) in [4.78, 5) is 0. The van der Waals surface area contributed by atoms with Gasteiger partial charge in [0.25, 0.3) is 0 Å². The van der Waals surface area contributed by atoms with E-state index in [1.807, 2.05) is 6.92 Å². The molecule has 1 aromatic rings. The van der Waals surface area contributed by atoms with Gasteiger partial charge >= 0.3 is 0 Å². The normalized spacial score (nSPS) is 10.5. The Morgan fingerprint density at radius 1 is 1.36 bits per heavy atom. The minimum atomic E-state index is 0.944. The quantitative estimate of drug-likeness (QED) is 0.652. The zero-order valence-electron chi connectivity index (χ0n) is 9.54. The first-order valence-electron chi connectivity index (χ1n) is 4.97. The Morgan fingerprint density at radius 3 is 2.29 bits per heavy atom. The summed E-state index contributed by atoms with van der Waals surface area (Å²) in [6.45, 7) is 8.34. The first kappa shape index (κ1) is 13.3. The number of allylic oxidation sites excluding steroid dienone is 2. The molecule has 0 saturated carbocycles. The van der Waals surface area contributed by atoms with Crippen molar-refractivity contribution in [3.05, 3.63) is 41.5 Å². The highest BCUT2D eigenvalue weighted by molar-refractivity contribution is 7.80. The highest BCUT2D eigenvalue weighted by atomic mass is 32.1. The van der Waals surface area contributed by atoms with Crippen LogP contribution in [0.15, 0.2) is 30.3 Å². The van der Waals surface area contributed by atoms with Gasteiger partial charge in [-0.05, 0) is 43.2 Å². The van der Waals surface area contributed by atoms with E-state index in [4.69, 9.17) is 0 Å². The van der Waals surface area contributed by atoms with Crippen LogP contribution in [0.25, 0.3) is 5.57 Å². The summed E-state index contributed by atoms with van der Waals surface area (Å²) in [6.07, 6.45) is 2.14. The van der Waals surface area contributed by atoms with Crippen molar-refractivity contribution in [1.82, 2.24) is 0 Å². The smallest absolute Gasteiger partial charge is 0.0126 e. The molecule has 0 nitrogen and oxygen atoms in total. The summed E-state index contributed by atoms with van der Waals surface area (Å²) in [5, 5.41) is 0. The lowest BCUT2D eigenvalue weighted by Gasteiger charge is -2.03. The molecular formula is C13H20S. The summed E-state index contributed by atoms with van der Waals surface area (Å²) >= 11 is 3.79. The third-order valence-electron chi connectivity index (χ3n) is 2.00. The van der Waals surface area contributed by atoms with Crippen molar-refractivity contribution in [2.75, 3.05) is 5.75 Å². The van der Waals surface area contributed by atoms with Crippen LogP contribution in [0.5, 0.6) is 0 Å². The van der Waals surface area contributed by atoms with Crippen LogP contribution in [0.2, 0.25) is 0 Å². The Balaban J connectivity index is 0.000000500. The monoisotopic (exact) mass is 208 g/mol. The van der Waals surface area contributed by atoms with Gasteiger partial charge in [-0.3, -0.25) is 0 Å². The Labute approximate surface area is 93.5 Å². The number of thiol groups is 1. The van der Waals surface area contributed by atoms with E-state index in [0.29, 0.717) is 0 Å². The van der Waals surface area contributed by atoms with Gasteiger partial charge < -0.3 is 0 Å². The van der Waals surface area contributed by atoms with Crippen molar-refractivity contribution in [1.29, 1.82) is 0 Å². The van der Waals surface area contributed by atoms with E-state index in [2.05, 4.69) is 63.7 Å². The number of benzene rings is 1. The maximum atomic E-state index is 3.79. The van der Waals surface area contributed by atoms with E-state index in [9.17, 15) is 0 Å². The lowest BCUT2D eigenvalue weighted by Crippen LogP contribution is -1.83. The van der Waals surface area contributed by atoms with Crippen LogP contribution in [0.1, 0.15) is 31.9 Å². The lowest BCUT2D eigenvalue weighted by molar-refractivity contribution is 1.40. The number of hydrogen-bond donors (Lipinski definition) is 1. The predicted octanol–water partition coefficient (Wildman–Crippen LogP) is 4.35. The van der Waals surface area contributed by atoms with Gasteiger partial charge in [0.05, 0.1) is 0 Å². The van der Waals surface area contributed by atoms with Crippen molar-refractivity contribution >= 4 is 18.2 Å². The van der Waals surface area contributed by atoms with Gasteiger partial charge in [0, 0.05) is 0 Å². The summed E-state index contributed by atoms with van der Waals surface area (Å²) < 4.78 is 0. The van der Waals surface area contributed by atoms with Crippen molar-refractivity contribution in [3.8, 4) is 0 Å². The van der Waals surface area contributed by atoms with E-state index in [-0.39, 0.29) is 0 Å². The average Bonchev–Trinajstić information content (AvgIpc) is 2.19. The van der Waals surface area contributed by atoms with Gasteiger partial charge in [0.1, 0.15) is 0 Å². The van der Waals surface area contributed by atoms with Crippen LogP contribution in [0.4, 0.5) is 0 Å². The van der Waals surface area contributed by atoms with Crippen molar-refractivity contribution in [3.63, 3.8) is 0 Å². The Hall–Kier alpha value is -0.690. The zero-order valence-corrected chi connectivity index (χ0v) is 10.4. The molecule has 0 aromatic heterocycles. The molecule has 0 N–H and O–H groups in total. The largest absolute Gasteiger partial charge is 0.180 e. The highest BCUT2D eigenvalue weighted by Crippen LogP contribution is 2.16. The van der Waals surface area contributed by atoms with Crippen LogP contribution in [0.3, 0.4) is 0 Å². The van der Waals surface area contributed by atoms with Crippen molar-refractivity contribution in [2.45, 2.75) is 27.7 Å². The van der Waals surface area contributed by atoms with Gasteiger partial charge in [0.2, 0.25) is 0 Å². The molecule has 1 rings (SSSR count). The minimum Gasteiger partial charge on any atom is -0.180 e. The molecule has 0 fully saturated rings. The lowest BCUT2D eigenvalue weighted by atomic mass is 10.0. The first-order chi connectivity index (χ1) is 6.67. The van der Waals surface area contributed by atoms with Crippen LogP contribution < -0.4 is 0 Å². The van der Waals surface area contributed by atoms with E-state index in [1.165, 1.54) is 16.7 Å². The van der Waals surface area contributed by atoms with Gasteiger partial charge in [-0.1, -0.05) is 37.3 Å². The zero-order chi connectivity index (χ0) is 11.0. The van der Waals surface area contributed by atoms with Gasteiger partial charge in [0.15, 0.2) is 0 Å². The highest BCUT2D eigenvalue weighted by Gasteiger charge is 1.95. The Morgan fingerprint density at radius 2 is 1.86 bits per heavy atom. The first-order valence-corrected chi connectivity index (χ1v) is 5.60. The molecule has 0 aliphatic rings. The second kappa shape index (κ2) is 7.69. The van der Waals surface area contributed by atoms with Gasteiger partial charge in [-0.15, -0.1) is 0 Å². The molecule has 0 aliphatic heterocycles. The van der Waals surface area contributed by atoms with E-state index in [0.717, 1.165) is 5.75 Å². The molecular weight excluding hydrogens is 188 g/mol. The summed E-state index contributed by atoms with van der Waals surface area (Å²) in [5.41, 5.74) is 4.06. The summed E-state index contributed by atoms with van der Waals surface area (Å²) in [7, 11) is 0. The SMILES string of the molecule is C/C=C(/C)c1ccccc1C.CCS. The van der Waals surface area contributed by atoms with E-state index in [1.54, 1.807) is 0 Å². The van der Waals surface area contributed by atoms with Crippen LogP contribution in [0, 0.1) is 6.92 Å². The van der Waals surface area contributed by atoms with E-state index < -0.39 is 0 Å².